The number of nitrogens with zero attached hydrogens (tertiary/aromatic N) is 1. The van der Waals surface area contributed by atoms with Crippen molar-refractivity contribution in [1.29, 1.82) is 0 Å². The highest BCUT2D eigenvalue weighted by atomic mass is 35.5. The Kier molecular flexibility index (Phi) is 3.79. The lowest BCUT2D eigenvalue weighted by atomic mass is 10.2. The maximum Gasteiger partial charge on any atom is 0.417 e. The van der Waals surface area contributed by atoms with Gasteiger partial charge in [0.05, 0.1) is 0 Å². The van der Waals surface area contributed by atoms with Crippen LogP contribution < -0.4 is 10.1 Å². The summed E-state index contributed by atoms with van der Waals surface area (Å²) in [6, 6.07) is 8.41. The van der Waals surface area contributed by atoms with Crippen LogP contribution in [0.1, 0.15) is 5.56 Å². The lowest BCUT2D eigenvalue weighted by molar-refractivity contribution is 0.215. The molecule has 1 N–H and O–H groups in total. The zero-order chi connectivity index (χ0) is 13.0. The van der Waals surface area contributed by atoms with Crippen LogP contribution in [0.3, 0.4) is 0 Å². The molecule has 1 amide bonds. The van der Waals surface area contributed by atoms with Gasteiger partial charge < -0.3 is 4.74 Å². The highest BCUT2D eigenvalue weighted by Crippen LogP contribution is 2.20. The molecule has 92 valence electrons. The van der Waals surface area contributed by atoms with E-state index >= 15 is 0 Å². The zero-order valence-electron chi connectivity index (χ0n) is 9.68. The van der Waals surface area contributed by atoms with E-state index in [9.17, 15) is 4.79 Å². The fourth-order valence-corrected chi connectivity index (χ4v) is 1.64. The van der Waals surface area contributed by atoms with Gasteiger partial charge in [-0.25, -0.2) is 4.79 Å². The highest BCUT2D eigenvalue weighted by Gasteiger charge is 2.07. The van der Waals surface area contributed by atoms with Gasteiger partial charge in [-0.2, -0.15) is 0 Å². The van der Waals surface area contributed by atoms with E-state index in [0.29, 0.717) is 16.5 Å². The number of aromatic nitrogens is 1. The molecule has 0 spiro atoms. The maximum atomic E-state index is 11.6. The smallest absolute Gasteiger partial charge is 0.410 e. The molecule has 0 aliphatic carbocycles. The van der Waals surface area contributed by atoms with Crippen LogP contribution >= 0.6 is 11.6 Å². The topological polar surface area (TPSA) is 51.2 Å². The molecule has 4 nitrogen and oxygen atoms in total. The van der Waals surface area contributed by atoms with Crippen LogP contribution in [0.4, 0.5) is 10.5 Å². The van der Waals surface area contributed by atoms with E-state index in [1.807, 2.05) is 6.92 Å². The first-order valence-corrected chi connectivity index (χ1v) is 5.68. The summed E-state index contributed by atoms with van der Waals surface area (Å²) in [7, 11) is 0. The second kappa shape index (κ2) is 5.51. The quantitative estimate of drug-likeness (QED) is 0.899. The predicted octanol–water partition coefficient (Wildman–Crippen LogP) is 3.65. The van der Waals surface area contributed by atoms with Gasteiger partial charge in [-0.3, -0.25) is 10.3 Å². The van der Waals surface area contributed by atoms with E-state index in [1.54, 1.807) is 42.7 Å². The number of pyridine rings is 1. The molecule has 0 unspecified atom stereocenters. The fourth-order valence-electron chi connectivity index (χ4n) is 1.42. The summed E-state index contributed by atoms with van der Waals surface area (Å²) in [6.45, 7) is 1.86. The number of halogens is 1. The molecule has 0 saturated carbocycles. The lowest BCUT2D eigenvalue weighted by Crippen LogP contribution is -2.17. The van der Waals surface area contributed by atoms with Crippen molar-refractivity contribution in [2.75, 3.05) is 5.32 Å². The average molecular weight is 263 g/mol. The number of hydrogen-bond donors (Lipinski definition) is 1. The number of rotatable bonds is 2. The van der Waals surface area contributed by atoms with E-state index in [1.165, 1.54) is 0 Å². The molecule has 1 aromatic heterocycles. The minimum Gasteiger partial charge on any atom is -0.410 e. The van der Waals surface area contributed by atoms with E-state index in [4.69, 9.17) is 16.3 Å². The van der Waals surface area contributed by atoms with Gasteiger partial charge in [-0.05, 0) is 42.8 Å². The Hall–Kier alpha value is -2.07. The van der Waals surface area contributed by atoms with Crippen LogP contribution in [0.15, 0.2) is 42.7 Å². The number of anilines is 1. The molecule has 0 saturated heterocycles. The standard InChI is InChI=1S/C13H11ClN2O2/c1-9-8-10(14)2-3-12(9)16-13(17)18-11-4-6-15-7-5-11/h2-8H,1H3,(H,16,17). The Bertz CT molecular complexity index is 558. The summed E-state index contributed by atoms with van der Waals surface area (Å²) in [5, 5.41) is 3.27. The van der Waals surface area contributed by atoms with Crippen molar-refractivity contribution >= 4 is 23.4 Å². The Labute approximate surface area is 110 Å². The molecule has 0 radical (unpaired) electrons. The Morgan fingerprint density at radius 3 is 2.67 bits per heavy atom. The van der Waals surface area contributed by atoms with Crippen LogP contribution in [0.5, 0.6) is 5.75 Å². The van der Waals surface area contributed by atoms with Gasteiger partial charge in [-0.15, -0.1) is 0 Å². The normalized spacial score (nSPS) is 9.89. The fraction of sp³-hybridized carbons (Fsp3) is 0.0769. The number of hydrogen-bond acceptors (Lipinski definition) is 3. The van der Waals surface area contributed by atoms with Crippen LogP contribution in [-0.2, 0) is 0 Å². The van der Waals surface area contributed by atoms with Crippen LogP contribution in [-0.4, -0.2) is 11.1 Å². The summed E-state index contributed by atoms with van der Waals surface area (Å²) < 4.78 is 5.08. The second-order valence-electron chi connectivity index (χ2n) is 3.66. The maximum absolute atomic E-state index is 11.6. The highest BCUT2D eigenvalue weighted by molar-refractivity contribution is 6.30. The summed E-state index contributed by atoms with van der Waals surface area (Å²) in [4.78, 5) is 15.5. The third-order valence-electron chi connectivity index (χ3n) is 2.29. The first-order valence-electron chi connectivity index (χ1n) is 5.30. The molecule has 0 fully saturated rings. The summed E-state index contributed by atoms with van der Waals surface area (Å²) >= 11 is 5.83. The molecule has 18 heavy (non-hydrogen) atoms. The van der Waals surface area contributed by atoms with Crippen molar-refractivity contribution in [1.82, 2.24) is 4.98 Å². The number of carbonyl (C=O) groups excluding carboxylic acids is 1. The molecule has 1 aromatic carbocycles. The van der Waals surface area contributed by atoms with Gasteiger partial charge in [0.2, 0.25) is 0 Å². The minimum absolute atomic E-state index is 0.439. The summed E-state index contributed by atoms with van der Waals surface area (Å²) in [6.07, 6.45) is 2.55. The van der Waals surface area contributed by atoms with Crippen molar-refractivity contribution in [2.45, 2.75) is 6.92 Å². The SMILES string of the molecule is Cc1cc(Cl)ccc1NC(=O)Oc1ccncc1. The van der Waals surface area contributed by atoms with Crippen LogP contribution in [0, 0.1) is 6.92 Å². The first kappa shape index (κ1) is 12.4. The lowest BCUT2D eigenvalue weighted by Gasteiger charge is -2.08. The van der Waals surface area contributed by atoms with E-state index in [-0.39, 0.29) is 0 Å². The van der Waals surface area contributed by atoms with Gasteiger partial charge in [0.25, 0.3) is 0 Å². The number of carbonyl (C=O) groups is 1. The number of amides is 1. The van der Waals surface area contributed by atoms with Crippen molar-refractivity contribution in [3.63, 3.8) is 0 Å². The van der Waals surface area contributed by atoms with E-state index in [2.05, 4.69) is 10.3 Å². The number of aryl methyl sites for hydroxylation is 1. The molecule has 0 aliphatic heterocycles. The average Bonchev–Trinajstić information content (AvgIpc) is 2.34. The zero-order valence-corrected chi connectivity index (χ0v) is 10.4. The van der Waals surface area contributed by atoms with Gasteiger partial charge in [0, 0.05) is 23.1 Å². The molecule has 0 aliphatic rings. The molecule has 0 atom stereocenters. The first-order chi connectivity index (χ1) is 8.65. The predicted molar refractivity (Wildman–Crippen MR) is 70.1 cm³/mol. The molecular formula is C13H11ClN2O2. The molecule has 5 heteroatoms. The summed E-state index contributed by atoms with van der Waals surface area (Å²) in [5.74, 6) is 0.439. The number of ether oxygens (including phenoxy) is 1. The molecule has 1 heterocycles. The molecule has 0 bridgehead atoms. The molecule has 2 aromatic rings. The number of benzene rings is 1. The molecular weight excluding hydrogens is 252 g/mol. The Morgan fingerprint density at radius 2 is 2.00 bits per heavy atom. The van der Waals surface area contributed by atoms with Crippen molar-refractivity contribution in [2.24, 2.45) is 0 Å². The third kappa shape index (κ3) is 3.21. The van der Waals surface area contributed by atoms with Crippen molar-refractivity contribution in [3.05, 3.63) is 53.3 Å². The van der Waals surface area contributed by atoms with E-state index < -0.39 is 6.09 Å². The van der Waals surface area contributed by atoms with E-state index in [0.717, 1.165) is 5.56 Å². The largest absolute Gasteiger partial charge is 0.417 e. The van der Waals surface area contributed by atoms with Gasteiger partial charge in [0.1, 0.15) is 5.75 Å². The Morgan fingerprint density at radius 1 is 1.28 bits per heavy atom. The summed E-state index contributed by atoms with van der Waals surface area (Å²) in [5.41, 5.74) is 1.53. The number of nitrogens with one attached hydrogen (secondary N) is 1. The van der Waals surface area contributed by atoms with Crippen LogP contribution in [0.25, 0.3) is 0 Å². The van der Waals surface area contributed by atoms with Gasteiger partial charge >= 0.3 is 6.09 Å². The second-order valence-corrected chi connectivity index (χ2v) is 4.09. The van der Waals surface area contributed by atoms with Crippen LogP contribution in [0.2, 0.25) is 5.02 Å². The van der Waals surface area contributed by atoms with Crippen molar-refractivity contribution < 1.29 is 9.53 Å². The van der Waals surface area contributed by atoms with Gasteiger partial charge in [-0.1, -0.05) is 11.6 Å². The minimum atomic E-state index is -0.549. The molecule has 2 rings (SSSR count). The van der Waals surface area contributed by atoms with Gasteiger partial charge in [0.15, 0.2) is 0 Å². The Balaban J connectivity index is 2.03. The third-order valence-corrected chi connectivity index (χ3v) is 2.52. The monoisotopic (exact) mass is 262 g/mol. The van der Waals surface area contributed by atoms with Crippen molar-refractivity contribution in [3.8, 4) is 5.75 Å².